The first-order chi connectivity index (χ1) is 9.73. The Morgan fingerprint density at radius 3 is 2.19 bits per heavy atom. The van der Waals surface area contributed by atoms with Crippen LogP contribution in [0, 0.1) is 0 Å². The topological polar surface area (TPSA) is 63.6 Å². The SMILES string of the molecule is CC(C)(C)OC(=O)C=Cc1ccc(C2(C(=O)O)CC2)cc1. The van der Waals surface area contributed by atoms with Crippen LogP contribution < -0.4 is 0 Å². The van der Waals surface area contributed by atoms with Crippen LogP contribution in [-0.4, -0.2) is 22.6 Å². The van der Waals surface area contributed by atoms with Gasteiger partial charge in [-0.15, -0.1) is 0 Å². The van der Waals surface area contributed by atoms with Gasteiger partial charge in [0, 0.05) is 6.08 Å². The number of carbonyl (C=O) groups is 2. The average molecular weight is 288 g/mol. The number of carboxylic acid groups (broad SMARTS) is 1. The number of esters is 1. The van der Waals surface area contributed by atoms with Gasteiger partial charge >= 0.3 is 11.9 Å². The Hall–Kier alpha value is -2.10. The number of carboxylic acids is 1. The summed E-state index contributed by atoms with van der Waals surface area (Å²) >= 11 is 0. The predicted molar refractivity (Wildman–Crippen MR) is 79.9 cm³/mol. The van der Waals surface area contributed by atoms with Gasteiger partial charge in [0.15, 0.2) is 0 Å². The minimum absolute atomic E-state index is 0.393. The highest BCUT2D eigenvalue weighted by Gasteiger charge is 2.51. The molecule has 0 amide bonds. The molecule has 0 unspecified atom stereocenters. The first kappa shape index (κ1) is 15.3. The van der Waals surface area contributed by atoms with E-state index >= 15 is 0 Å². The maximum Gasteiger partial charge on any atom is 0.331 e. The third kappa shape index (κ3) is 3.72. The number of benzene rings is 1. The van der Waals surface area contributed by atoms with Gasteiger partial charge in [0.05, 0.1) is 5.41 Å². The van der Waals surface area contributed by atoms with Crippen LogP contribution in [0.5, 0.6) is 0 Å². The quantitative estimate of drug-likeness (QED) is 0.683. The van der Waals surface area contributed by atoms with Gasteiger partial charge in [0.1, 0.15) is 5.60 Å². The molecule has 1 fully saturated rings. The first-order valence-corrected chi connectivity index (χ1v) is 6.98. The molecule has 4 nitrogen and oxygen atoms in total. The van der Waals surface area contributed by atoms with E-state index < -0.39 is 23.0 Å². The number of aliphatic carboxylic acids is 1. The Morgan fingerprint density at radius 2 is 1.76 bits per heavy atom. The van der Waals surface area contributed by atoms with E-state index in [1.807, 2.05) is 45.0 Å². The average Bonchev–Trinajstić information content (AvgIpc) is 3.16. The van der Waals surface area contributed by atoms with Gasteiger partial charge in [-0.3, -0.25) is 4.79 Å². The molecule has 0 radical (unpaired) electrons. The van der Waals surface area contributed by atoms with Crippen LogP contribution in [-0.2, 0) is 19.7 Å². The van der Waals surface area contributed by atoms with Crippen molar-refractivity contribution in [1.29, 1.82) is 0 Å². The summed E-state index contributed by atoms with van der Waals surface area (Å²) in [6.45, 7) is 5.44. The summed E-state index contributed by atoms with van der Waals surface area (Å²) in [5.74, 6) is -1.16. The Kier molecular flexibility index (Phi) is 3.90. The van der Waals surface area contributed by atoms with E-state index in [1.165, 1.54) is 6.08 Å². The summed E-state index contributed by atoms with van der Waals surface area (Å²) in [6.07, 6.45) is 4.42. The van der Waals surface area contributed by atoms with E-state index in [2.05, 4.69) is 0 Å². The van der Waals surface area contributed by atoms with E-state index in [0.717, 1.165) is 11.1 Å². The molecule has 1 N–H and O–H groups in total. The Labute approximate surface area is 124 Å². The van der Waals surface area contributed by atoms with Gasteiger partial charge in [-0.2, -0.15) is 0 Å². The highest BCUT2D eigenvalue weighted by atomic mass is 16.6. The lowest BCUT2D eigenvalue weighted by Gasteiger charge is -2.17. The minimum atomic E-state index is -0.764. The van der Waals surface area contributed by atoms with Crippen molar-refractivity contribution in [3.8, 4) is 0 Å². The molecule has 1 aromatic carbocycles. The zero-order chi connectivity index (χ0) is 15.7. The van der Waals surface area contributed by atoms with E-state index in [-0.39, 0.29) is 0 Å². The zero-order valence-electron chi connectivity index (χ0n) is 12.6. The Balaban J connectivity index is 2.03. The number of rotatable bonds is 4. The van der Waals surface area contributed by atoms with Gasteiger partial charge in [0.2, 0.25) is 0 Å². The highest BCUT2D eigenvalue weighted by molar-refractivity contribution is 5.87. The molecule has 21 heavy (non-hydrogen) atoms. The second kappa shape index (κ2) is 5.35. The summed E-state index contributed by atoms with van der Waals surface area (Å²) < 4.78 is 5.18. The lowest BCUT2D eigenvalue weighted by molar-refractivity contribution is -0.148. The molecule has 4 heteroatoms. The molecule has 0 bridgehead atoms. The second-order valence-electron chi connectivity index (χ2n) is 6.38. The van der Waals surface area contributed by atoms with E-state index in [9.17, 15) is 14.7 Å². The predicted octanol–water partition coefficient (Wildman–Crippen LogP) is 3.16. The van der Waals surface area contributed by atoms with Crippen LogP contribution in [0.25, 0.3) is 6.08 Å². The van der Waals surface area contributed by atoms with Gasteiger partial charge in [-0.1, -0.05) is 24.3 Å². The van der Waals surface area contributed by atoms with Crippen LogP contribution in [0.2, 0.25) is 0 Å². The molecule has 0 spiro atoms. The fourth-order valence-corrected chi connectivity index (χ4v) is 2.16. The lowest BCUT2D eigenvalue weighted by Crippen LogP contribution is -2.22. The first-order valence-electron chi connectivity index (χ1n) is 6.98. The number of hydrogen-bond acceptors (Lipinski definition) is 3. The molecular formula is C17H20O4. The molecule has 1 aliphatic rings. The third-order valence-electron chi connectivity index (χ3n) is 3.44. The monoisotopic (exact) mass is 288 g/mol. The summed E-state index contributed by atoms with van der Waals surface area (Å²) in [6, 6.07) is 7.27. The van der Waals surface area contributed by atoms with Gasteiger partial charge in [-0.25, -0.2) is 4.79 Å². The molecule has 1 saturated carbocycles. The fourth-order valence-electron chi connectivity index (χ4n) is 2.16. The normalized spacial score (nSPS) is 16.7. The van der Waals surface area contributed by atoms with E-state index in [1.54, 1.807) is 6.08 Å². The van der Waals surface area contributed by atoms with Gasteiger partial charge < -0.3 is 9.84 Å². The van der Waals surface area contributed by atoms with Crippen molar-refractivity contribution in [2.24, 2.45) is 0 Å². The third-order valence-corrected chi connectivity index (χ3v) is 3.44. The van der Waals surface area contributed by atoms with Crippen molar-refractivity contribution in [3.05, 3.63) is 41.5 Å². The van der Waals surface area contributed by atoms with Crippen LogP contribution in [0.1, 0.15) is 44.7 Å². The van der Waals surface area contributed by atoms with Crippen molar-refractivity contribution in [3.63, 3.8) is 0 Å². The number of hydrogen-bond donors (Lipinski definition) is 1. The van der Waals surface area contributed by atoms with Crippen LogP contribution in [0.4, 0.5) is 0 Å². The van der Waals surface area contributed by atoms with Crippen LogP contribution in [0.15, 0.2) is 30.3 Å². The van der Waals surface area contributed by atoms with Crippen molar-refractivity contribution >= 4 is 18.0 Å². The zero-order valence-corrected chi connectivity index (χ0v) is 12.6. The molecule has 0 aliphatic heterocycles. The van der Waals surface area contributed by atoms with Crippen molar-refractivity contribution in [2.75, 3.05) is 0 Å². The lowest BCUT2D eigenvalue weighted by atomic mass is 9.95. The minimum Gasteiger partial charge on any atom is -0.481 e. The largest absolute Gasteiger partial charge is 0.481 e. The molecule has 2 rings (SSSR count). The van der Waals surface area contributed by atoms with Crippen LogP contribution >= 0.6 is 0 Å². The Bertz CT molecular complexity index is 572. The maximum absolute atomic E-state index is 11.6. The fraction of sp³-hybridized carbons (Fsp3) is 0.412. The molecule has 0 heterocycles. The molecule has 1 aliphatic carbocycles. The van der Waals surface area contributed by atoms with Gasteiger partial charge in [-0.05, 0) is 50.8 Å². The van der Waals surface area contributed by atoms with Crippen molar-refractivity contribution < 1.29 is 19.4 Å². The van der Waals surface area contributed by atoms with E-state index in [4.69, 9.17) is 4.74 Å². The van der Waals surface area contributed by atoms with Gasteiger partial charge in [0.25, 0.3) is 0 Å². The molecule has 0 atom stereocenters. The Morgan fingerprint density at radius 1 is 1.19 bits per heavy atom. The summed E-state index contributed by atoms with van der Waals surface area (Å²) in [7, 11) is 0. The molecular weight excluding hydrogens is 268 g/mol. The molecule has 112 valence electrons. The number of carbonyl (C=O) groups excluding carboxylic acids is 1. The highest BCUT2D eigenvalue weighted by Crippen LogP contribution is 2.48. The summed E-state index contributed by atoms with van der Waals surface area (Å²) in [4.78, 5) is 22.8. The molecule has 0 aromatic heterocycles. The van der Waals surface area contributed by atoms with Crippen molar-refractivity contribution in [1.82, 2.24) is 0 Å². The van der Waals surface area contributed by atoms with Crippen LogP contribution in [0.3, 0.4) is 0 Å². The second-order valence-corrected chi connectivity index (χ2v) is 6.38. The molecule has 0 saturated heterocycles. The van der Waals surface area contributed by atoms with E-state index in [0.29, 0.717) is 12.8 Å². The van der Waals surface area contributed by atoms with Crippen molar-refractivity contribution in [2.45, 2.75) is 44.6 Å². The smallest absolute Gasteiger partial charge is 0.331 e. The maximum atomic E-state index is 11.6. The summed E-state index contributed by atoms with van der Waals surface area (Å²) in [5.41, 5.74) is 0.466. The molecule has 1 aromatic rings. The number of ether oxygens (including phenoxy) is 1. The summed E-state index contributed by atoms with van der Waals surface area (Å²) in [5, 5.41) is 9.24. The standard InChI is InChI=1S/C17H20O4/c1-16(2,3)21-14(18)9-6-12-4-7-13(8-5-12)17(10-11-17)15(19)20/h4-9H,10-11H2,1-3H3,(H,19,20).